The Hall–Kier alpha value is -4.23. The zero-order valence-corrected chi connectivity index (χ0v) is 29.9. The fourth-order valence-electron chi connectivity index (χ4n) is 5.93. The van der Waals surface area contributed by atoms with Crippen molar-refractivity contribution in [2.45, 2.75) is 31.4 Å². The monoisotopic (exact) mass is 747 g/mol. The number of aromatic nitrogens is 2. The molecule has 1 aromatic heterocycles. The zero-order valence-electron chi connectivity index (χ0n) is 27.4. The summed E-state index contributed by atoms with van der Waals surface area (Å²) in [4.78, 5) is 9.27. The number of hydrogen-bond acceptors (Lipinski definition) is 7. The average molecular weight is 748 g/mol. The predicted molar refractivity (Wildman–Crippen MR) is 190 cm³/mol. The van der Waals surface area contributed by atoms with Gasteiger partial charge < -0.3 is 0 Å². The van der Waals surface area contributed by atoms with Crippen LogP contribution >= 0.6 is 6.83 Å². The van der Waals surface area contributed by atoms with Crippen LogP contribution in [-0.2, 0) is 30.3 Å². The summed E-state index contributed by atoms with van der Waals surface area (Å²) in [5, 5.41) is 0.461. The number of anilines is 1. The Morgan fingerprint density at radius 3 is 1.56 bits per heavy atom. The van der Waals surface area contributed by atoms with Crippen molar-refractivity contribution in [3.8, 4) is 11.3 Å². The molecule has 0 unspecified atom stereocenters. The second-order valence-electron chi connectivity index (χ2n) is 12.0. The van der Waals surface area contributed by atoms with Crippen LogP contribution in [0.4, 0.5) is 23.5 Å². The fourth-order valence-corrected chi connectivity index (χ4v) is 14.4. The van der Waals surface area contributed by atoms with Gasteiger partial charge in [0.05, 0.1) is 0 Å². The van der Waals surface area contributed by atoms with Crippen LogP contribution in [0.25, 0.3) is 11.3 Å². The summed E-state index contributed by atoms with van der Waals surface area (Å²) in [6.45, 7) is -1.94. The van der Waals surface area contributed by atoms with E-state index < -0.39 is 50.4 Å². The van der Waals surface area contributed by atoms with Crippen LogP contribution in [0.3, 0.4) is 0 Å². The van der Waals surface area contributed by atoms with E-state index in [-0.39, 0.29) is 44.4 Å². The maximum absolute atomic E-state index is 14.6. The molecular formula is C35H34F4N3O5PS2. The molecule has 4 aromatic carbocycles. The van der Waals surface area contributed by atoms with Gasteiger partial charge in [-0.1, -0.05) is 0 Å². The van der Waals surface area contributed by atoms with Gasteiger partial charge in [-0.3, -0.25) is 0 Å². The Labute approximate surface area is 289 Å². The molecule has 0 fully saturated rings. The van der Waals surface area contributed by atoms with Crippen molar-refractivity contribution >= 4 is 48.8 Å². The van der Waals surface area contributed by atoms with E-state index in [4.69, 9.17) is 3.97 Å². The van der Waals surface area contributed by atoms with Gasteiger partial charge in [-0.2, -0.15) is 0 Å². The van der Waals surface area contributed by atoms with E-state index in [0.717, 1.165) is 22.7 Å². The predicted octanol–water partition coefficient (Wildman–Crippen LogP) is 6.61. The summed E-state index contributed by atoms with van der Waals surface area (Å²) in [5.41, 5.74) is -5.09. The molecule has 0 aliphatic heterocycles. The molecule has 0 saturated carbocycles. The summed E-state index contributed by atoms with van der Waals surface area (Å²) >= 11 is 0. The molecule has 0 saturated heterocycles. The molecule has 0 amide bonds. The number of alkyl halides is 3. The topological polar surface area (TPSA) is 107 Å². The van der Waals surface area contributed by atoms with Gasteiger partial charge in [0.1, 0.15) is 0 Å². The molecule has 0 spiro atoms. The van der Waals surface area contributed by atoms with Crippen molar-refractivity contribution in [3.05, 3.63) is 132 Å². The van der Waals surface area contributed by atoms with E-state index in [1.807, 2.05) is 0 Å². The molecule has 15 heteroatoms. The van der Waals surface area contributed by atoms with Crippen LogP contribution in [0.1, 0.15) is 31.0 Å². The summed E-state index contributed by atoms with van der Waals surface area (Å²) in [6, 6.07) is 28.7. The van der Waals surface area contributed by atoms with E-state index in [1.165, 1.54) is 55.6 Å². The van der Waals surface area contributed by atoms with Crippen molar-refractivity contribution < 1.29 is 38.4 Å². The quantitative estimate of drug-likeness (QED) is 0.0851. The number of hydrogen-bond donors (Lipinski definition) is 0. The minimum atomic E-state index is -6.36. The van der Waals surface area contributed by atoms with Crippen molar-refractivity contribution in [1.29, 1.82) is 0 Å². The van der Waals surface area contributed by atoms with E-state index in [2.05, 4.69) is 9.97 Å². The van der Waals surface area contributed by atoms with Crippen LogP contribution in [-0.4, -0.2) is 45.6 Å². The van der Waals surface area contributed by atoms with Crippen LogP contribution in [0.15, 0.2) is 115 Å². The first-order valence-electron chi connectivity index (χ1n) is 15.2. The van der Waals surface area contributed by atoms with Gasteiger partial charge in [-0.25, -0.2) is 0 Å². The van der Waals surface area contributed by atoms with Crippen LogP contribution in [0, 0.1) is 5.82 Å². The molecule has 5 rings (SSSR count). The van der Waals surface area contributed by atoms with Gasteiger partial charge in [0.25, 0.3) is 0 Å². The summed E-state index contributed by atoms with van der Waals surface area (Å²) in [5.74, 6) is -1.34. The molecule has 0 aliphatic carbocycles. The van der Waals surface area contributed by atoms with Crippen molar-refractivity contribution in [2.24, 2.45) is 0 Å². The number of halogens is 4. The molecule has 5 aromatic rings. The first-order valence-corrected chi connectivity index (χ1v) is 20.8. The SMILES string of the molecule is CC(C)c1nc(N(C)S(C)(=O)=O)nc(-c2ccc(F)cc2)c1CP(OS(=O)(=O)C(F)(F)F)(c1ccccc1)(c1ccccc1)c1ccccc1. The minimum absolute atomic E-state index is 0.0546. The number of sulfonamides is 1. The summed E-state index contributed by atoms with van der Waals surface area (Å²) in [7, 11) is -9.01. The number of benzene rings is 4. The molecule has 8 nitrogen and oxygen atoms in total. The number of nitrogens with zero attached hydrogens (tertiary/aromatic N) is 3. The van der Waals surface area contributed by atoms with Crippen molar-refractivity contribution in [1.82, 2.24) is 9.97 Å². The second-order valence-corrected chi connectivity index (χ2v) is 20.3. The van der Waals surface area contributed by atoms with Crippen LogP contribution < -0.4 is 20.2 Å². The molecular weight excluding hydrogens is 714 g/mol. The van der Waals surface area contributed by atoms with E-state index in [9.17, 15) is 34.4 Å². The zero-order chi connectivity index (χ0) is 36.6. The Bertz CT molecular complexity index is 2110. The van der Waals surface area contributed by atoms with E-state index in [1.54, 1.807) is 68.4 Å². The van der Waals surface area contributed by atoms with E-state index >= 15 is 0 Å². The van der Waals surface area contributed by atoms with Crippen LogP contribution in [0.2, 0.25) is 0 Å². The van der Waals surface area contributed by atoms with Gasteiger partial charge in [-0.05, 0) is 0 Å². The Balaban J connectivity index is 2.07. The molecule has 0 bridgehead atoms. The third kappa shape index (κ3) is 6.64. The standard InChI is InChI=1S/C35H34F4N3O5PS2/c1-25(2)32-31(33(26-20-22-27(36)23-21-26)41-34(40-32)42(3)49(4,43)44)24-48(28-14-8-5-9-15-28,29-16-10-6-11-17-29,30-18-12-7-13-19-30)47-50(45,46)35(37,38)39/h5-23,25H,24H2,1-4H3. The first-order chi connectivity index (χ1) is 23.4. The summed E-state index contributed by atoms with van der Waals surface area (Å²) < 4.78 is 118. The molecule has 0 atom stereocenters. The Morgan fingerprint density at radius 2 is 1.18 bits per heavy atom. The molecule has 0 aliphatic rings. The van der Waals surface area contributed by atoms with Gasteiger partial charge in [0.2, 0.25) is 0 Å². The molecule has 50 heavy (non-hydrogen) atoms. The van der Waals surface area contributed by atoms with Crippen LogP contribution in [0.5, 0.6) is 0 Å². The van der Waals surface area contributed by atoms with Gasteiger partial charge in [0.15, 0.2) is 0 Å². The van der Waals surface area contributed by atoms with Gasteiger partial charge >= 0.3 is 290 Å². The fraction of sp³-hybridized carbons (Fsp3) is 0.200. The number of rotatable bonds is 11. The first kappa shape index (κ1) is 37.0. The third-order valence-electron chi connectivity index (χ3n) is 8.38. The second kappa shape index (κ2) is 13.5. The third-order valence-corrected chi connectivity index (χ3v) is 17.3. The average Bonchev–Trinajstić information content (AvgIpc) is 3.08. The Kier molecular flexibility index (Phi) is 9.98. The molecule has 0 radical (unpaired) electrons. The van der Waals surface area contributed by atoms with Crippen molar-refractivity contribution in [3.63, 3.8) is 0 Å². The van der Waals surface area contributed by atoms with Gasteiger partial charge in [0, 0.05) is 0 Å². The van der Waals surface area contributed by atoms with E-state index in [0.29, 0.717) is 0 Å². The normalized spacial score (nSPS) is 13.5. The summed E-state index contributed by atoms with van der Waals surface area (Å²) in [6.07, 6.45) is 0.432. The molecule has 1 heterocycles. The van der Waals surface area contributed by atoms with Gasteiger partial charge in [-0.15, -0.1) is 0 Å². The van der Waals surface area contributed by atoms with Crippen molar-refractivity contribution in [2.75, 3.05) is 17.6 Å². The Morgan fingerprint density at radius 1 is 0.740 bits per heavy atom. The maximum atomic E-state index is 14.6. The molecule has 264 valence electrons. The molecule has 0 N–H and O–H groups in total.